The number of nitrogens with one attached hydrogen (secondary N) is 1. The molecular formula is C17H15F3N4OS2. The summed E-state index contributed by atoms with van der Waals surface area (Å²) in [6.45, 7) is 1.66. The summed E-state index contributed by atoms with van der Waals surface area (Å²) in [5, 5.41) is 10.2. The summed E-state index contributed by atoms with van der Waals surface area (Å²) in [5.41, 5.74) is 0.168. The van der Waals surface area contributed by atoms with Crippen molar-refractivity contribution in [1.29, 1.82) is 0 Å². The lowest BCUT2D eigenvalue weighted by atomic mass is 10.3. The van der Waals surface area contributed by atoms with E-state index in [1.165, 1.54) is 22.2 Å². The van der Waals surface area contributed by atoms with Crippen molar-refractivity contribution in [2.24, 2.45) is 0 Å². The quantitative estimate of drug-likeness (QED) is 0.621. The van der Waals surface area contributed by atoms with Gasteiger partial charge in [-0.15, -0.1) is 22.0 Å². The lowest BCUT2D eigenvalue weighted by Crippen LogP contribution is -2.23. The van der Waals surface area contributed by atoms with E-state index in [1.807, 2.05) is 24.5 Å². The molecule has 10 heteroatoms. The summed E-state index contributed by atoms with van der Waals surface area (Å²) in [5.74, 6) is -0.273. The van der Waals surface area contributed by atoms with E-state index in [-0.39, 0.29) is 16.7 Å². The molecule has 0 aliphatic carbocycles. The monoisotopic (exact) mass is 412 g/mol. The van der Waals surface area contributed by atoms with Crippen LogP contribution >= 0.6 is 23.5 Å². The van der Waals surface area contributed by atoms with Crippen molar-refractivity contribution >= 4 is 40.8 Å². The number of anilines is 1. The Bertz CT molecular complexity index is 974. The molecular weight excluding hydrogens is 397 g/mol. The predicted molar refractivity (Wildman–Crippen MR) is 100 cm³/mol. The number of aromatic nitrogens is 3. The summed E-state index contributed by atoms with van der Waals surface area (Å²) in [6, 6.07) is 9.58. The average Bonchev–Trinajstić information content (AvgIpc) is 3.03. The van der Waals surface area contributed by atoms with Crippen LogP contribution in [0.3, 0.4) is 0 Å². The number of hydrogen-bond donors (Lipinski definition) is 1. The van der Waals surface area contributed by atoms with Gasteiger partial charge in [0.1, 0.15) is 0 Å². The zero-order chi connectivity index (χ0) is 19.6. The molecule has 0 aliphatic rings. The average molecular weight is 412 g/mol. The molecule has 0 spiro atoms. The molecule has 0 aliphatic heterocycles. The van der Waals surface area contributed by atoms with Crippen molar-refractivity contribution < 1.29 is 18.0 Å². The fourth-order valence-electron chi connectivity index (χ4n) is 2.31. The molecule has 3 rings (SSSR count). The molecule has 0 fully saturated rings. The van der Waals surface area contributed by atoms with E-state index in [2.05, 4.69) is 15.5 Å². The van der Waals surface area contributed by atoms with Gasteiger partial charge in [-0.25, -0.2) is 0 Å². The summed E-state index contributed by atoms with van der Waals surface area (Å²) in [4.78, 5) is 13.4. The van der Waals surface area contributed by atoms with Gasteiger partial charge >= 0.3 is 6.18 Å². The molecule has 1 aromatic carbocycles. The van der Waals surface area contributed by atoms with Crippen LogP contribution in [0.5, 0.6) is 0 Å². The lowest BCUT2D eigenvalue weighted by Gasteiger charge is -2.13. The Morgan fingerprint density at radius 3 is 2.63 bits per heavy atom. The van der Waals surface area contributed by atoms with Crippen LogP contribution in [0.25, 0.3) is 5.65 Å². The fourth-order valence-corrected chi connectivity index (χ4v) is 3.70. The first kappa shape index (κ1) is 19.6. The smallest absolute Gasteiger partial charge is 0.324 e. The molecule has 0 saturated heterocycles. The van der Waals surface area contributed by atoms with Crippen LogP contribution in [-0.2, 0) is 11.0 Å². The Labute approximate surface area is 161 Å². The highest BCUT2D eigenvalue weighted by Crippen LogP contribution is 2.31. The highest BCUT2D eigenvalue weighted by atomic mass is 32.2. The normalized spacial score (nSPS) is 12.9. The molecule has 0 saturated carbocycles. The minimum atomic E-state index is -4.47. The fraction of sp³-hybridized carbons (Fsp3) is 0.235. The number of carbonyl (C=O) groups is 1. The molecule has 1 atom stereocenters. The Morgan fingerprint density at radius 1 is 1.19 bits per heavy atom. The van der Waals surface area contributed by atoms with E-state index in [4.69, 9.17) is 0 Å². The number of thioether (sulfide) groups is 2. The van der Waals surface area contributed by atoms with Gasteiger partial charge < -0.3 is 5.32 Å². The number of benzene rings is 1. The number of nitrogens with zero attached hydrogens (tertiary/aromatic N) is 3. The number of rotatable bonds is 5. The molecule has 1 unspecified atom stereocenters. The molecule has 27 heavy (non-hydrogen) atoms. The molecule has 142 valence electrons. The van der Waals surface area contributed by atoms with Gasteiger partial charge in [-0.3, -0.25) is 9.20 Å². The van der Waals surface area contributed by atoms with Gasteiger partial charge in [-0.1, -0.05) is 23.9 Å². The number of para-hydroxylation sites is 1. The topological polar surface area (TPSA) is 59.3 Å². The van der Waals surface area contributed by atoms with Crippen LogP contribution in [0.4, 0.5) is 18.9 Å². The number of carbonyl (C=O) groups excluding carboxylic acids is 1. The summed E-state index contributed by atoms with van der Waals surface area (Å²) in [7, 11) is 0. The first-order valence-electron chi connectivity index (χ1n) is 7.82. The van der Waals surface area contributed by atoms with Crippen LogP contribution < -0.4 is 5.32 Å². The molecule has 2 aromatic heterocycles. The highest BCUT2D eigenvalue weighted by molar-refractivity contribution is 8.00. The molecule has 1 amide bonds. The van der Waals surface area contributed by atoms with E-state index >= 15 is 0 Å². The number of fused-ring (bicyclic) bond motifs is 1. The van der Waals surface area contributed by atoms with Gasteiger partial charge in [0.2, 0.25) is 5.91 Å². The third-order valence-corrected chi connectivity index (χ3v) is 5.57. The highest BCUT2D eigenvalue weighted by Gasteiger charge is 2.31. The lowest BCUT2D eigenvalue weighted by molar-refractivity contribution is -0.137. The summed E-state index contributed by atoms with van der Waals surface area (Å²) >= 11 is 2.55. The van der Waals surface area contributed by atoms with E-state index in [0.717, 1.165) is 28.9 Å². The Kier molecular flexibility index (Phi) is 5.66. The number of hydrogen-bond acceptors (Lipinski definition) is 5. The maximum atomic E-state index is 12.9. The second kappa shape index (κ2) is 7.81. The largest absolute Gasteiger partial charge is 0.417 e. The van der Waals surface area contributed by atoms with Gasteiger partial charge in [-0.2, -0.15) is 13.2 Å². The Balaban J connectivity index is 1.79. The van der Waals surface area contributed by atoms with Crippen molar-refractivity contribution in [3.8, 4) is 0 Å². The number of pyridine rings is 1. The van der Waals surface area contributed by atoms with Crippen LogP contribution in [0.2, 0.25) is 0 Å². The number of amides is 1. The molecule has 2 heterocycles. The SMILES string of the molecule is CSc1ccccc1NC(=O)C(C)Sc1nnc2ccc(C(F)(F)F)cn12. The van der Waals surface area contributed by atoms with Gasteiger partial charge in [0.05, 0.1) is 16.5 Å². The van der Waals surface area contributed by atoms with E-state index in [9.17, 15) is 18.0 Å². The van der Waals surface area contributed by atoms with Crippen LogP contribution in [0.15, 0.2) is 52.6 Å². The van der Waals surface area contributed by atoms with E-state index in [1.54, 1.807) is 13.0 Å². The zero-order valence-corrected chi connectivity index (χ0v) is 16.0. The van der Waals surface area contributed by atoms with E-state index in [0.29, 0.717) is 5.69 Å². The standard InChI is InChI=1S/C17H15F3N4OS2/c1-10(15(25)21-12-5-3-4-6-13(12)26-2)27-16-23-22-14-8-7-11(9-24(14)16)17(18,19)20/h3-10H,1-2H3,(H,21,25). The second-order valence-corrected chi connectivity index (χ2v) is 7.73. The Hall–Kier alpha value is -2.20. The minimum Gasteiger partial charge on any atom is -0.324 e. The second-order valence-electron chi connectivity index (χ2n) is 5.58. The third-order valence-electron chi connectivity index (χ3n) is 3.71. The number of alkyl halides is 3. The summed E-state index contributed by atoms with van der Waals surface area (Å²) in [6.07, 6.45) is -1.63. The molecule has 5 nitrogen and oxygen atoms in total. The number of halogens is 3. The van der Waals surface area contributed by atoms with Crippen LogP contribution in [-0.4, -0.2) is 32.0 Å². The minimum absolute atomic E-state index is 0.219. The van der Waals surface area contributed by atoms with Gasteiger partial charge in [0, 0.05) is 11.1 Å². The summed E-state index contributed by atoms with van der Waals surface area (Å²) < 4.78 is 40.0. The predicted octanol–water partition coefficient (Wildman–Crippen LogP) is 4.59. The maximum absolute atomic E-state index is 12.9. The van der Waals surface area contributed by atoms with Gasteiger partial charge in [0.25, 0.3) is 0 Å². The Morgan fingerprint density at radius 2 is 1.93 bits per heavy atom. The first-order chi connectivity index (χ1) is 12.8. The molecule has 0 radical (unpaired) electrons. The first-order valence-corrected chi connectivity index (χ1v) is 9.92. The van der Waals surface area contributed by atoms with Crippen molar-refractivity contribution in [2.45, 2.75) is 28.4 Å². The molecule has 3 aromatic rings. The third kappa shape index (κ3) is 4.38. The van der Waals surface area contributed by atoms with Crippen molar-refractivity contribution in [1.82, 2.24) is 14.6 Å². The molecule has 1 N–H and O–H groups in total. The van der Waals surface area contributed by atoms with Crippen molar-refractivity contribution in [2.75, 3.05) is 11.6 Å². The zero-order valence-electron chi connectivity index (χ0n) is 14.3. The maximum Gasteiger partial charge on any atom is 0.417 e. The van der Waals surface area contributed by atoms with E-state index < -0.39 is 17.0 Å². The molecule has 0 bridgehead atoms. The van der Waals surface area contributed by atoms with Crippen molar-refractivity contribution in [3.05, 3.63) is 48.2 Å². The van der Waals surface area contributed by atoms with Crippen LogP contribution in [0.1, 0.15) is 12.5 Å². The van der Waals surface area contributed by atoms with Crippen LogP contribution in [0, 0.1) is 0 Å². The van der Waals surface area contributed by atoms with Gasteiger partial charge in [-0.05, 0) is 37.4 Å². The van der Waals surface area contributed by atoms with Gasteiger partial charge in [0.15, 0.2) is 10.8 Å². The van der Waals surface area contributed by atoms with Crippen molar-refractivity contribution in [3.63, 3.8) is 0 Å².